The van der Waals surface area contributed by atoms with Gasteiger partial charge < -0.3 is 29.6 Å². The summed E-state index contributed by atoms with van der Waals surface area (Å²) in [5.41, 5.74) is 0.0759. The second-order valence-electron chi connectivity index (χ2n) is 5.37. The number of carbonyl (C=O) groups is 3. The number of hydrogen-bond donors (Lipinski definition) is 2. The van der Waals surface area contributed by atoms with Crippen molar-refractivity contribution in [1.29, 1.82) is 0 Å². The Balaban J connectivity index is 2.67. The molecule has 1 atom stereocenters. The van der Waals surface area contributed by atoms with Gasteiger partial charge in [0.05, 0.1) is 39.0 Å². The molecule has 0 fully saturated rings. The van der Waals surface area contributed by atoms with Gasteiger partial charge in [-0.05, 0) is 32.0 Å². The Morgan fingerprint density at radius 1 is 1.04 bits per heavy atom. The molecule has 2 N–H and O–H groups in total. The van der Waals surface area contributed by atoms with Gasteiger partial charge in [0, 0.05) is 5.56 Å². The van der Waals surface area contributed by atoms with Gasteiger partial charge in [0.2, 0.25) is 0 Å². The molecule has 0 saturated carbocycles. The van der Waals surface area contributed by atoms with Crippen molar-refractivity contribution in [2.75, 3.05) is 27.4 Å². The van der Waals surface area contributed by atoms with E-state index in [2.05, 4.69) is 10.6 Å². The number of amides is 2. The van der Waals surface area contributed by atoms with E-state index in [0.29, 0.717) is 17.1 Å². The topological polar surface area (TPSA) is 112 Å². The summed E-state index contributed by atoms with van der Waals surface area (Å²) >= 11 is 0. The molecule has 1 heterocycles. The van der Waals surface area contributed by atoms with Crippen molar-refractivity contribution >= 4 is 18.0 Å². The number of nitrogens with one attached hydrogen (secondary N) is 2. The van der Waals surface area contributed by atoms with Crippen LogP contribution in [0.4, 0.5) is 4.79 Å². The SMILES string of the molecule is CCOC(=O)C1=C(C(=O)OCC)C(c2cc(OC)ccc2OC)NC(=O)N1. The summed E-state index contributed by atoms with van der Waals surface area (Å²) in [5.74, 6) is -0.710. The predicted octanol–water partition coefficient (Wildman–Crippen LogP) is 1.44. The molecule has 2 amide bonds. The molecule has 1 unspecified atom stereocenters. The van der Waals surface area contributed by atoms with Crippen LogP contribution in [0.5, 0.6) is 11.5 Å². The van der Waals surface area contributed by atoms with E-state index in [9.17, 15) is 14.4 Å². The minimum absolute atomic E-state index is 0.0783. The number of methoxy groups -OCH3 is 2. The van der Waals surface area contributed by atoms with E-state index in [1.807, 2.05) is 0 Å². The maximum Gasteiger partial charge on any atom is 0.355 e. The number of rotatable bonds is 7. The van der Waals surface area contributed by atoms with Crippen molar-refractivity contribution in [3.05, 3.63) is 35.0 Å². The molecule has 27 heavy (non-hydrogen) atoms. The number of carbonyl (C=O) groups excluding carboxylic acids is 3. The molecule has 9 heteroatoms. The van der Waals surface area contributed by atoms with E-state index < -0.39 is 24.0 Å². The van der Waals surface area contributed by atoms with Crippen LogP contribution >= 0.6 is 0 Å². The third kappa shape index (κ3) is 4.30. The van der Waals surface area contributed by atoms with Gasteiger partial charge in [-0.15, -0.1) is 0 Å². The summed E-state index contributed by atoms with van der Waals surface area (Å²) in [6.07, 6.45) is 0. The fourth-order valence-corrected chi connectivity index (χ4v) is 2.66. The number of urea groups is 1. The lowest BCUT2D eigenvalue weighted by Gasteiger charge is -2.29. The first-order chi connectivity index (χ1) is 13.0. The molecule has 146 valence electrons. The Morgan fingerprint density at radius 3 is 2.30 bits per heavy atom. The van der Waals surface area contributed by atoms with Gasteiger partial charge in [-0.2, -0.15) is 0 Å². The molecule has 1 aromatic carbocycles. The Labute approximate surface area is 156 Å². The van der Waals surface area contributed by atoms with Crippen molar-refractivity contribution in [3.8, 4) is 11.5 Å². The van der Waals surface area contributed by atoms with Crippen molar-refractivity contribution in [2.24, 2.45) is 0 Å². The first-order valence-corrected chi connectivity index (χ1v) is 8.34. The minimum Gasteiger partial charge on any atom is -0.497 e. The van der Waals surface area contributed by atoms with Crippen molar-refractivity contribution in [3.63, 3.8) is 0 Å². The van der Waals surface area contributed by atoms with Gasteiger partial charge in [-0.3, -0.25) is 0 Å². The number of esters is 2. The molecule has 1 aliphatic heterocycles. The van der Waals surface area contributed by atoms with E-state index in [1.165, 1.54) is 14.2 Å². The van der Waals surface area contributed by atoms with Crippen LogP contribution in [-0.4, -0.2) is 45.4 Å². The first kappa shape index (κ1) is 20.1. The molecule has 0 aliphatic carbocycles. The average Bonchev–Trinajstić information content (AvgIpc) is 2.67. The molecule has 9 nitrogen and oxygen atoms in total. The molecule has 0 saturated heterocycles. The van der Waals surface area contributed by atoms with E-state index >= 15 is 0 Å². The molecular weight excluding hydrogens is 356 g/mol. The molecular formula is C18H22N2O7. The normalized spacial score (nSPS) is 16.1. The van der Waals surface area contributed by atoms with Crippen LogP contribution < -0.4 is 20.1 Å². The lowest BCUT2D eigenvalue weighted by atomic mass is 9.94. The van der Waals surface area contributed by atoms with E-state index in [0.717, 1.165) is 0 Å². The quantitative estimate of drug-likeness (QED) is 0.690. The lowest BCUT2D eigenvalue weighted by Crippen LogP contribution is -2.48. The summed E-state index contributed by atoms with van der Waals surface area (Å²) < 4.78 is 20.6. The van der Waals surface area contributed by atoms with Crippen LogP contribution in [-0.2, 0) is 19.1 Å². The van der Waals surface area contributed by atoms with Gasteiger partial charge in [-0.25, -0.2) is 14.4 Å². The highest BCUT2D eigenvalue weighted by molar-refractivity contribution is 6.05. The largest absolute Gasteiger partial charge is 0.497 e. The molecule has 0 radical (unpaired) electrons. The predicted molar refractivity (Wildman–Crippen MR) is 94.2 cm³/mol. The monoisotopic (exact) mass is 378 g/mol. The summed E-state index contributed by atoms with van der Waals surface area (Å²) in [5, 5.41) is 4.96. The molecule has 1 aliphatic rings. The number of ether oxygens (including phenoxy) is 4. The lowest BCUT2D eigenvalue weighted by molar-refractivity contribution is -0.142. The molecule has 0 bridgehead atoms. The van der Waals surface area contributed by atoms with Gasteiger partial charge >= 0.3 is 18.0 Å². The second-order valence-corrected chi connectivity index (χ2v) is 5.37. The number of hydrogen-bond acceptors (Lipinski definition) is 7. The highest BCUT2D eigenvalue weighted by atomic mass is 16.5. The molecule has 0 aromatic heterocycles. The third-order valence-electron chi connectivity index (χ3n) is 3.79. The van der Waals surface area contributed by atoms with Crippen molar-refractivity contribution < 1.29 is 33.3 Å². The fourth-order valence-electron chi connectivity index (χ4n) is 2.66. The molecule has 0 spiro atoms. The van der Waals surface area contributed by atoms with Gasteiger partial charge in [0.25, 0.3) is 0 Å². The average molecular weight is 378 g/mol. The highest BCUT2D eigenvalue weighted by Gasteiger charge is 2.38. The minimum atomic E-state index is -0.998. The maximum atomic E-state index is 12.6. The van der Waals surface area contributed by atoms with Gasteiger partial charge in [-0.1, -0.05) is 0 Å². The van der Waals surface area contributed by atoms with Crippen molar-refractivity contribution in [2.45, 2.75) is 19.9 Å². The van der Waals surface area contributed by atoms with Crippen LogP contribution in [0, 0.1) is 0 Å². The summed E-state index contributed by atoms with van der Waals surface area (Å²) in [6.45, 7) is 3.43. The zero-order valence-electron chi connectivity index (χ0n) is 15.6. The summed E-state index contributed by atoms with van der Waals surface area (Å²) in [6, 6.07) is 3.25. The highest BCUT2D eigenvalue weighted by Crippen LogP contribution is 2.36. The Morgan fingerprint density at radius 2 is 1.70 bits per heavy atom. The smallest absolute Gasteiger partial charge is 0.355 e. The molecule has 1 aromatic rings. The first-order valence-electron chi connectivity index (χ1n) is 8.34. The Bertz CT molecular complexity index is 773. The zero-order chi connectivity index (χ0) is 20.0. The summed E-state index contributed by atoms with van der Waals surface area (Å²) in [7, 11) is 2.94. The van der Waals surface area contributed by atoms with E-state index in [1.54, 1.807) is 32.0 Å². The van der Waals surface area contributed by atoms with Crippen LogP contribution in [0.1, 0.15) is 25.5 Å². The fraction of sp³-hybridized carbons (Fsp3) is 0.389. The Kier molecular flexibility index (Phi) is 6.64. The van der Waals surface area contributed by atoms with Crippen LogP contribution in [0.15, 0.2) is 29.5 Å². The molecule has 2 rings (SSSR count). The van der Waals surface area contributed by atoms with E-state index in [4.69, 9.17) is 18.9 Å². The van der Waals surface area contributed by atoms with E-state index in [-0.39, 0.29) is 24.5 Å². The van der Waals surface area contributed by atoms with Crippen LogP contribution in [0.3, 0.4) is 0 Å². The standard InChI is InChI=1S/C18H22N2O7/c1-5-26-16(21)13-14(11-9-10(24-3)7-8-12(11)25-4)19-18(23)20-15(13)17(22)27-6-2/h7-9,14H,5-6H2,1-4H3,(H2,19,20,23). The number of benzene rings is 1. The van der Waals surface area contributed by atoms with Crippen LogP contribution in [0.25, 0.3) is 0 Å². The zero-order valence-corrected chi connectivity index (χ0v) is 15.6. The van der Waals surface area contributed by atoms with Crippen molar-refractivity contribution in [1.82, 2.24) is 10.6 Å². The second kappa shape index (κ2) is 8.93. The van der Waals surface area contributed by atoms with Gasteiger partial charge in [0.15, 0.2) is 0 Å². The van der Waals surface area contributed by atoms with Crippen LogP contribution in [0.2, 0.25) is 0 Å². The third-order valence-corrected chi connectivity index (χ3v) is 3.79. The Hall–Kier alpha value is -3.23. The summed E-state index contributed by atoms with van der Waals surface area (Å²) in [4.78, 5) is 37.1. The maximum absolute atomic E-state index is 12.6. The van der Waals surface area contributed by atoms with Gasteiger partial charge in [0.1, 0.15) is 17.2 Å².